The fraction of sp³-hybridized carbons (Fsp3) is 0.500. The van der Waals surface area contributed by atoms with Gasteiger partial charge in [0.25, 0.3) is 0 Å². The maximum Gasteiger partial charge on any atom is 0.123 e. The van der Waals surface area contributed by atoms with Gasteiger partial charge in [0, 0.05) is 38.4 Å². The zero-order valence-electron chi connectivity index (χ0n) is 18.0. The van der Waals surface area contributed by atoms with Gasteiger partial charge >= 0.3 is 0 Å². The maximum atomic E-state index is 13.1. The first-order chi connectivity index (χ1) is 14.5. The summed E-state index contributed by atoms with van der Waals surface area (Å²) < 4.78 is 24.3. The topological polar surface area (TPSA) is 45.2 Å². The summed E-state index contributed by atoms with van der Waals surface area (Å²) in [6, 6.07) is 14.7. The van der Waals surface area contributed by atoms with E-state index in [9.17, 15) is 9.50 Å². The van der Waals surface area contributed by atoms with Crippen LogP contribution in [0.25, 0.3) is 0 Å². The second-order valence-corrected chi connectivity index (χ2v) is 8.07. The molecule has 1 aliphatic rings. The summed E-state index contributed by atoms with van der Waals surface area (Å²) in [6.45, 7) is 9.59. The number of hydrogen-bond donors (Lipinski definition) is 1. The number of halogens is 1. The van der Waals surface area contributed by atoms with Gasteiger partial charge in [0.2, 0.25) is 0 Å². The van der Waals surface area contributed by atoms with E-state index in [1.54, 1.807) is 0 Å². The Morgan fingerprint density at radius 2 is 1.60 bits per heavy atom. The van der Waals surface area contributed by atoms with Crippen LogP contribution in [0.15, 0.2) is 48.5 Å². The van der Waals surface area contributed by atoms with Crippen molar-refractivity contribution in [1.29, 1.82) is 0 Å². The third-order valence-electron chi connectivity index (χ3n) is 5.39. The summed E-state index contributed by atoms with van der Waals surface area (Å²) in [5.74, 6) is 1.13. The molecule has 0 radical (unpaired) electrons. The predicted molar refractivity (Wildman–Crippen MR) is 118 cm³/mol. The molecule has 0 unspecified atom stereocenters. The summed E-state index contributed by atoms with van der Waals surface area (Å²) in [7, 11) is 0. The number of anilines is 1. The van der Waals surface area contributed by atoms with Crippen LogP contribution in [0.4, 0.5) is 10.1 Å². The van der Waals surface area contributed by atoms with E-state index < -0.39 is 6.10 Å². The molecule has 6 heteroatoms. The summed E-state index contributed by atoms with van der Waals surface area (Å²) >= 11 is 0. The molecule has 1 atom stereocenters. The van der Waals surface area contributed by atoms with Gasteiger partial charge in [0.05, 0.1) is 19.3 Å². The zero-order valence-corrected chi connectivity index (χ0v) is 18.0. The van der Waals surface area contributed by atoms with Gasteiger partial charge in [-0.3, -0.25) is 4.90 Å². The molecule has 0 bridgehead atoms. The van der Waals surface area contributed by atoms with E-state index in [-0.39, 0.29) is 5.82 Å². The molecule has 0 spiro atoms. The van der Waals surface area contributed by atoms with Crippen LogP contribution < -0.4 is 9.64 Å². The van der Waals surface area contributed by atoms with E-state index in [0.29, 0.717) is 32.3 Å². The second-order valence-electron chi connectivity index (χ2n) is 8.07. The van der Waals surface area contributed by atoms with Crippen molar-refractivity contribution >= 4 is 5.69 Å². The Hall–Kier alpha value is -2.15. The van der Waals surface area contributed by atoms with E-state index >= 15 is 0 Å². The van der Waals surface area contributed by atoms with Gasteiger partial charge in [-0.1, -0.05) is 26.0 Å². The highest BCUT2D eigenvalue weighted by atomic mass is 19.1. The lowest BCUT2D eigenvalue weighted by atomic mass is 10.0. The minimum absolute atomic E-state index is 0.213. The Morgan fingerprint density at radius 1 is 0.933 bits per heavy atom. The van der Waals surface area contributed by atoms with Gasteiger partial charge in [0.1, 0.15) is 18.2 Å². The van der Waals surface area contributed by atoms with Gasteiger partial charge in [-0.15, -0.1) is 0 Å². The largest absolute Gasteiger partial charge is 0.491 e. The Kier molecular flexibility index (Phi) is 8.49. The summed E-state index contributed by atoms with van der Waals surface area (Å²) in [6.07, 6.45) is -0.521. The highest BCUT2D eigenvalue weighted by Gasteiger charge is 2.19. The van der Waals surface area contributed by atoms with E-state index in [0.717, 1.165) is 37.6 Å². The first-order valence-corrected chi connectivity index (χ1v) is 10.7. The first kappa shape index (κ1) is 22.5. The number of benzene rings is 2. The average Bonchev–Trinajstić information content (AvgIpc) is 2.75. The Balaban J connectivity index is 1.27. The molecule has 0 aromatic heterocycles. The monoisotopic (exact) mass is 416 g/mol. The van der Waals surface area contributed by atoms with Crippen LogP contribution in [0.5, 0.6) is 5.75 Å². The van der Waals surface area contributed by atoms with Gasteiger partial charge < -0.3 is 19.5 Å². The Labute approximate surface area is 179 Å². The molecule has 1 aliphatic heterocycles. The first-order valence-electron chi connectivity index (χ1n) is 10.7. The smallest absolute Gasteiger partial charge is 0.123 e. The van der Waals surface area contributed by atoms with Crippen molar-refractivity contribution in [3.8, 4) is 5.75 Å². The van der Waals surface area contributed by atoms with Crippen LogP contribution in [-0.2, 0) is 4.74 Å². The number of nitrogens with zero attached hydrogens (tertiary/aromatic N) is 2. The molecule has 3 rings (SSSR count). The molecule has 1 saturated heterocycles. The van der Waals surface area contributed by atoms with E-state index in [1.165, 1.54) is 17.7 Å². The molecule has 0 saturated carbocycles. The average molecular weight is 417 g/mol. The molecule has 0 amide bonds. The highest BCUT2D eigenvalue weighted by Crippen LogP contribution is 2.19. The minimum atomic E-state index is -0.521. The van der Waals surface area contributed by atoms with Crippen LogP contribution in [0, 0.1) is 5.82 Å². The number of ether oxygens (including phenoxy) is 2. The van der Waals surface area contributed by atoms with Crippen LogP contribution in [-0.4, -0.2) is 68.7 Å². The van der Waals surface area contributed by atoms with E-state index in [4.69, 9.17) is 9.47 Å². The Morgan fingerprint density at radius 3 is 2.23 bits per heavy atom. The number of β-amino-alcohol motifs (C(OH)–C–C–N with tert-alkyl or cyclic N) is 1. The van der Waals surface area contributed by atoms with Crippen LogP contribution >= 0.6 is 0 Å². The molecular weight excluding hydrogens is 383 g/mol. The van der Waals surface area contributed by atoms with Crippen molar-refractivity contribution in [2.24, 2.45) is 0 Å². The highest BCUT2D eigenvalue weighted by molar-refractivity contribution is 5.46. The van der Waals surface area contributed by atoms with E-state index in [1.807, 2.05) is 24.3 Å². The molecule has 30 heavy (non-hydrogen) atoms. The zero-order chi connectivity index (χ0) is 21.3. The summed E-state index contributed by atoms with van der Waals surface area (Å²) in [5.41, 5.74) is 2.33. The third-order valence-corrected chi connectivity index (χ3v) is 5.39. The van der Waals surface area contributed by atoms with Crippen molar-refractivity contribution in [2.45, 2.75) is 25.9 Å². The molecule has 0 aliphatic carbocycles. The van der Waals surface area contributed by atoms with Crippen molar-refractivity contribution in [3.05, 3.63) is 59.9 Å². The Bertz CT molecular complexity index is 744. The van der Waals surface area contributed by atoms with Crippen LogP contribution in [0.2, 0.25) is 0 Å². The van der Waals surface area contributed by atoms with Crippen LogP contribution in [0.3, 0.4) is 0 Å². The molecule has 5 nitrogen and oxygen atoms in total. The SMILES string of the molecule is CC(C)c1ccc(OCCOC[C@@H](O)CN2CCN(c3ccc(F)cc3)CC2)cc1. The lowest BCUT2D eigenvalue weighted by Gasteiger charge is -2.36. The van der Waals surface area contributed by atoms with Gasteiger partial charge in [-0.25, -0.2) is 4.39 Å². The van der Waals surface area contributed by atoms with Gasteiger partial charge in [0.15, 0.2) is 0 Å². The van der Waals surface area contributed by atoms with Crippen LogP contribution in [0.1, 0.15) is 25.3 Å². The van der Waals surface area contributed by atoms with Crippen molar-refractivity contribution in [2.75, 3.05) is 57.4 Å². The molecule has 1 N–H and O–H groups in total. The molecule has 164 valence electrons. The third kappa shape index (κ3) is 6.97. The lowest BCUT2D eigenvalue weighted by Crippen LogP contribution is -2.49. The molecule has 2 aromatic rings. The fourth-order valence-corrected chi connectivity index (χ4v) is 3.58. The minimum Gasteiger partial charge on any atom is -0.491 e. The van der Waals surface area contributed by atoms with Crippen molar-refractivity contribution in [3.63, 3.8) is 0 Å². The number of hydrogen-bond acceptors (Lipinski definition) is 5. The molecular formula is C24H33FN2O3. The summed E-state index contributed by atoms with van der Waals surface area (Å²) in [5, 5.41) is 10.3. The molecule has 2 aromatic carbocycles. The number of aliphatic hydroxyl groups excluding tert-OH is 1. The predicted octanol–water partition coefficient (Wildman–Crippen LogP) is 3.53. The molecule has 1 fully saturated rings. The standard InChI is InChI=1S/C24H33FN2O3/c1-19(2)20-3-9-24(10-4-20)30-16-15-29-18-23(28)17-26-11-13-27(14-12-26)22-7-5-21(25)6-8-22/h3-10,19,23,28H,11-18H2,1-2H3/t23-/m0/s1. The number of piperazine rings is 1. The summed E-state index contributed by atoms with van der Waals surface area (Å²) in [4.78, 5) is 4.48. The quantitative estimate of drug-likeness (QED) is 0.601. The second kappa shape index (κ2) is 11.3. The maximum absolute atomic E-state index is 13.1. The fourth-order valence-electron chi connectivity index (χ4n) is 3.58. The van der Waals surface area contributed by atoms with Gasteiger partial charge in [-0.2, -0.15) is 0 Å². The van der Waals surface area contributed by atoms with Gasteiger partial charge in [-0.05, 0) is 47.9 Å². The number of aliphatic hydroxyl groups is 1. The number of rotatable bonds is 10. The van der Waals surface area contributed by atoms with Crippen molar-refractivity contribution < 1.29 is 19.0 Å². The normalized spacial score (nSPS) is 16.1. The van der Waals surface area contributed by atoms with Crippen molar-refractivity contribution in [1.82, 2.24) is 4.90 Å². The lowest BCUT2D eigenvalue weighted by molar-refractivity contribution is 0.00718. The molecule has 1 heterocycles. The van der Waals surface area contributed by atoms with E-state index in [2.05, 4.69) is 35.8 Å².